The Morgan fingerprint density at radius 2 is 1.97 bits per heavy atom. The zero-order chi connectivity index (χ0) is 24.0. The van der Waals surface area contributed by atoms with Crippen molar-refractivity contribution in [3.05, 3.63) is 58.1 Å². The van der Waals surface area contributed by atoms with Gasteiger partial charge in [0.1, 0.15) is 0 Å². The maximum absolute atomic E-state index is 13.0. The lowest BCUT2D eigenvalue weighted by Gasteiger charge is -2.28. The molecule has 1 aromatic carbocycles. The van der Waals surface area contributed by atoms with Crippen molar-refractivity contribution in [2.75, 3.05) is 45.9 Å². The minimum absolute atomic E-state index is 0.0606. The summed E-state index contributed by atoms with van der Waals surface area (Å²) in [5.41, 5.74) is -0.550. The van der Waals surface area contributed by atoms with E-state index in [-0.39, 0.29) is 23.2 Å². The molecule has 0 unspecified atom stereocenters. The molecule has 182 valence electrons. The molecule has 0 N–H and O–H groups in total. The first-order valence-corrected chi connectivity index (χ1v) is 11.9. The summed E-state index contributed by atoms with van der Waals surface area (Å²) in [5, 5.41) is 5.69. The largest absolute Gasteiger partial charge is 0.416 e. The van der Waals surface area contributed by atoms with E-state index in [1.807, 2.05) is 11.4 Å². The number of nitrogens with zero attached hydrogens (tertiary/aromatic N) is 4. The highest BCUT2D eigenvalue weighted by Crippen LogP contribution is 2.31. The molecule has 1 aliphatic heterocycles. The fourth-order valence-corrected chi connectivity index (χ4v) is 4.41. The van der Waals surface area contributed by atoms with Crippen LogP contribution in [0.15, 0.2) is 46.3 Å². The minimum atomic E-state index is -4.45. The van der Waals surface area contributed by atoms with Gasteiger partial charge < -0.3 is 14.2 Å². The third kappa shape index (κ3) is 6.43. The van der Waals surface area contributed by atoms with Gasteiger partial charge in [-0.3, -0.25) is 9.69 Å². The van der Waals surface area contributed by atoms with Crippen molar-refractivity contribution < 1.29 is 27.2 Å². The number of amides is 1. The second-order valence-corrected chi connectivity index (χ2v) is 8.87. The highest BCUT2D eigenvalue weighted by Gasteiger charge is 2.30. The number of benzene rings is 1. The number of rotatable bonds is 9. The molecule has 1 saturated heterocycles. The quantitative estimate of drug-likeness (QED) is 0.444. The third-order valence-corrected chi connectivity index (χ3v) is 6.39. The van der Waals surface area contributed by atoms with Gasteiger partial charge >= 0.3 is 6.18 Å². The highest BCUT2D eigenvalue weighted by molar-refractivity contribution is 7.12. The standard InChI is InChI=1S/C23H25F3N4O3S/c24-23(25,26)18-5-1-4-17(16-18)21-27-20(33-28-21)7-10-30(22(31)19-6-2-15-34-19)9-3-8-29-11-13-32-14-12-29/h1-2,4-6,15-16H,3,7-14H2. The Hall–Kier alpha value is -2.76. The molecule has 2 aromatic heterocycles. The lowest BCUT2D eigenvalue weighted by Crippen LogP contribution is -2.39. The molecule has 1 fully saturated rings. The molecule has 34 heavy (non-hydrogen) atoms. The summed E-state index contributed by atoms with van der Waals surface area (Å²) < 4.78 is 49.6. The van der Waals surface area contributed by atoms with Crippen LogP contribution >= 0.6 is 11.3 Å². The molecule has 3 heterocycles. The summed E-state index contributed by atoms with van der Waals surface area (Å²) in [6, 6.07) is 8.43. The summed E-state index contributed by atoms with van der Waals surface area (Å²) >= 11 is 1.39. The number of aromatic nitrogens is 2. The summed E-state index contributed by atoms with van der Waals surface area (Å²) in [6.45, 7) is 5.04. The van der Waals surface area contributed by atoms with Crippen LogP contribution in [0.4, 0.5) is 13.2 Å². The van der Waals surface area contributed by atoms with Crippen LogP contribution in [0.3, 0.4) is 0 Å². The van der Waals surface area contributed by atoms with Crippen molar-refractivity contribution in [3.63, 3.8) is 0 Å². The van der Waals surface area contributed by atoms with E-state index < -0.39 is 11.7 Å². The van der Waals surface area contributed by atoms with Gasteiger partial charge in [-0.2, -0.15) is 18.2 Å². The number of carbonyl (C=O) groups is 1. The summed E-state index contributed by atoms with van der Waals surface area (Å²) in [7, 11) is 0. The smallest absolute Gasteiger partial charge is 0.379 e. The number of halogens is 3. The molecular weight excluding hydrogens is 469 g/mol. The molecule has 7 nitrogen and oxygen atoms in total. The average molecular weight is 495 g/mol. The zero-order valence-corrected chi connectivity index (χ0v) is 19.3. The summed E-state index contributed by atoms with van der Waals surface area (Å²) in [4.78, 5) is 22.0. The Morgan fingerprint density at radius 1 is 1.15 bits per heavy atom. The van der Waals surface area contributed by atoms with Crippen LogP contribution < -0.4 is 0 Å². The number of hydrogen-bond donors (Lipinski definition) is 0. The number of hydrogen-bond acceptors (Lipinski definition) is 7. The van der Waals surface area contributed by atoms with Gasteiger partial charge in [0, 0.05) is 44.7 Å². The van der Waals surface area contributed by atoms with Crippen LogP contribution in [0.1, 0.15) is 27.5 Å². The predicted molar refractivity (Wildman–Crippen MR) is 121 cm³/mol. The molecule has 0 spiro atoms. The molecule has 4 rings (SSSR count). The van der Waals surface area contributed by atoms with Crippen LogP contribution in [-0.2, 0) is 17.3 Å². The van der Waals surface area contributed by atoms with E-state index in [0.29, 0.717) is 24.4 Å². The number of alkyl halides is 3. The van der Waals surface area contributed by atoms with Crippen molar-refractivity contribution in [2.45, 2.75) is 19.0 Å². The molecule has 0 aliphatic carbocycles. The highest BCUT2D eigenvalue weighted by atomic mass is 32.1. The van der Waals surface area contributed by atoms with Crippen molar-refractivity contribution in [3.8, 4) is 11.4 Å². The van der Waals surface area contributed by atoms with Gasteiger partial charge in [-0.05, 0) is 30.0 Å². The van der Waals surface area contributed by atoms with Crippen molar-refractivity contribution in [1.82, 2.24) is 19.9 Å². The normalized spacial score (nSPS) is 14.9. The lowest BCUT2D eigenvalue weighted by molar-refractivity contribution is -0.137. The van der Waals surface area contributed by atoms with Crippen LogP contribution in [0.25, 0.3) is 11.4 Å². The molecule has 1 aliphatic rings. The Labute approximate surface area is 199 Å². The van der Waals surface area contributed by atoms with Crippen LogP contribution in [0.2, 0.25) is 0 Å². The first-order valence-electron chi connectivity index (χ1n) is 11.0. The SMILES string of the molecule is O=C(c1cccs1)N(CCCN1CCOCC1)CCc1nc(-c2cccc(C(F)(F)F)c2)no1. The van der Waals surface area contributed by atoms with Crippen molar-refractivity contribution >= 4 is 17.2 Å². The summed E-state index contributed by atoms with van der Waals surface area (Å²) in [6.07, 6.45) is -3.33. The average Bonchev–Trinajstić information content (AvgIpc) is 3.54. The number of carbonyl (C=O) groups excluding carboxylic acids is 1. The Bertz CT molecular complexity index is 1070. The molecule has 0 atom stereocenters. The number of morpholine rings is 1. The van der Waals surface area contributed by atoms with E-state index in [1.165, 1.54) is 23.5 Å². The molecule has 3 aromatic rings. The van der Waals surface area contributed by atoms with Crippen LogP contribution in [-0.4, -0.2) is 71.8 Å². The van der Waals surface area contributed by atoms with Gasteiger partial charge in [0.25, 0.3) is 5.91 Å². The maximum atomic E-state index is 13.0. The van der Waals surface area contributed by atoms with Gasteiger partial charge in [-0.1, -0.05) is 23.4 Å². The second kappa shape index (κ2) is 11.1. The van der Waals surface area contributed by atoms with Gasteiger partial charge in [0.05, 0.1) is 23.7 Å². The van der Waals surface area contributed by atoms with E-state index in [4.69, 9.17) is 9.26 Å². The van der Waals surface area contributed by atoms with Gasteiger partial charge in [0.15, 0.2) is 0 Å². The zero-order valence-electron chi connectivity index (χ0n) is 18.5. The lowest BCUT2D eigenvalue weighted by atomic mass is 10.1. The van der Waals surface area contributed by atoms with E-state index in [2.05, 4.69) is 15.0 Å². The van der Waals surface area contributed by atoms with Crippen molar-refractivity contribution in [2.24, 2.45) is 0 Å². The Balaban J connectivity index is 1.39. The summed E-state index contributed by atoms with van der Waals surface area (Å²) in [5.74, 6) is 0.295. The first-order chi connectivity index (χ1) is 16.4. The monoisotopic (exact) mass is 494 g/mol. The molecule has 11 heteroatoms. The Morgan fingerprint density at radius 3 is 2.71 bits per heavy atom. The maximum Gasteiger partial charge on any atom is 0.416 e. The van der Waals surface area contributed by atoms with Gasteiger partial charge in [0.2, 0.25) is 11.7 Å². The van der Waals surface area contributed by atoms with E-state index >= 15 is 0 Å². The number of thiophene rings is 1. The van der Waals surface area contributed by atoms with Gasteiger partial charge in [-0.25, -0.2) is 0 Å². The van der Waals surface area contributed by atoms with E-state index in [0.717, 1.165) is 51.4 Å². The number of ether oxygens (including phenoxy) is 1. The molecule has 0 bridgehead atoms. The fourth-order valence-electron chi connectivity index (χ4n) is 3.72. The molecule has 0 saturated carbocycles. The van der Waals surface area contributed by atoms with Gasteiger partial charge in [-0.15, -0.1) is 11.3 Å². The van der Waals surface area contributed by atoms with Crippen molar-refractivity contribution in [1.29, 1.82) is 0 Å². The third-order valence-electron chi connectivity index (χ3n) is 5.54. The first kappa shape index (κ1) is 24.4. The second-order valence-electron chi connectivity index (χ2n) is 7.92. The topological polar surface area (TPSA) is 71.7 Å². The van der Waals surface area contributed by atoms with E-state index in [9.17, 15) is 18.0 Å². The van der Waals surface area contributed by atoms with Crippen LogP contribution in [0.5, 0.6) is 0 Å². The Kier molecular flexibility index (Phi) is 7.96. The molecule has 0 radical (unpaired) electrons. The van der Waals surface area contributed by atoms with Crippen LogP contribution in [0, 0.1) is 0 Å². The molecular formula is C23H25F3N4O3S. The fraction of sp³-hybridized carbons (Fsp3) is 0.435. The van der Waals surface area contributed by atoms with E-state index in [1.54, 1.807) is 11.0 Å². The molecule has 1 amide bonds. The minimum Gasteiger partial charge on any atom is -0.379 e. The predicted octanol–water partition coefficient (Wildman–Crippen LogP) is 4.22.